The van der Waals surface area contributed by atoms with Crippen LogP contribution in [0.5, 0.6) is 0 Å². The van der Waals surface area contributed by atoms with Gasteiger partial charge in [-0.15, -0.1) is 0 Å². The third-order valence-corrected chi connectivity index (χ3v) is 14.5. The maximum absolute atomic E-state index is 10.7. The van der Waals surface area contributed by atoms with Gasteiger partial charge < -0.3 is 4.57 Å². The lowest BCUT2D eigenvalue weighted by molar-refractivity contribution is 1.18. The zero-order valence-electron chi connectivity index (χ0n) is 27.0. The summed E-state index contributed by atoms with van der Waals surface area (Å²) in [7, 11) is -3.00. The van der Waals surface area contributed by atoms with Gasteiger partial charge in [-0.2, -0.15) is 10.5 Å². The number of benzene rings is 7. The molecule has 7 aromatic carbocycles. The Labute approximate surface area is 291 Å². The number of hydrogen-bond donors (Lipinski definition) is 0. The van der Waals surface area contributed by atoms with Crippen LogP contribution in [-0.2, 0) is 0 Å². The number of aromatic nitrogens is 1. The summed E-state index contributed by atoms with van der Waals surface area (Å²) in [4.78, 5) is 3.93. The molecule has 0 unspecified atom stereocenters. The summed E-state index contributed by atoms with van der Waals surface area (Å²) in [5.74, 6) is 0. The molecule has 0 aliphatic carbocycles. The van der Waals surface area contributed by atoms with Crippen LogP contribution in [0.2, 0.25) is 0 Å². The number of rotatable bonds is 6. The van der Waals surface area contributed by atoms with Crippen LogP contribution in [0.1, 0.15) is 11.1 Å². The summed E-state index contributed by atoms with van der Waals surface area (Å²) in [6.45, 7) is 8.27. The molecule has 0 saturated carbocycles. The van der Waals surface area contributed by atoms with Gasteiger partial charge in [-0.3, -0.25) is 0 Å². The summed E-state index contributed by atoms with van der Waals surface area (Å²) in [6, 6.07) is 62.9. The van der Waals surface area contributed by atoms with E-state index in [1.165, 1.54) is 15.6 Å². The molecule has 0 amide bonds. The molecule has 0 aliphatic heterocycles. The average molecular weight is 653 g/mol. The first-order chi connectivity index (χ1) is 24.7. The van der Waals surface area contributed by atoms with Gasteiger partial charge in [0.05, 0.1) is 40.9 Å². The second-order valence-corrected chi connectivity index (χ2v) is 16.0. The molecule has 0 fully saturated rings. The average Bonchev–Trinajstić information content (AvgIpc) is 3.52. The molecule has 0 atom stereocenters. The lowest BCUT2D eigenvalue weighted by Gasteiger charge is -2.36. The highest BCUT2D eigenvalue weighted by atomic mass is 28.3. The van der Waals surface area contributed by atoms with E-state index in [-0.39, 0.29) is 0 Å². The second-order valence-electron chi connectivity index (χ2n) is 12.2. The van der Waals surface area contributed by atoms with Crippen molar-refractivity contribution in [2.75, 3.05) is 0 Å². The molecule has 0 radical (unpaired) electrons. The SMILES string of the molecule is [C-]#[N+]c1cc(-n2c3ccccc3c3cc(C#N)ccc32)cc(-c2ccccc2[Si](c2ccccc2)(c2ccccc2)c2ccccc2)c1C#N. The number of hydrogen-bond acceptors (Lipinski definition) is 2. The minimum atomic E-state index is -3.00. The topological polar surface area (TPSA) is 56.9 Å². The Morgan fingerprint density at radius 2 is 1.08 bits per heavy atom. The molecule has 1 aromatic heterocycles. The normalized spacial score (nSPS) is 11.1. The Bertz CT molecular complexity index is 2580. The van der Waals surface area contributed by atoms with E-state index in [0.717, 1.165) is 38.2 Å². The molecule has 0 spiro atoms. The van der Waals surface area contributed by atoms with Crippen molar-refractivity contribution in [2.45, 2.75) is 0 Å². The maximum atomic E-state index is 10.7. The second kappa shape index (κ2) is 12.6. The molecule has 0 aliphatic rings. The minimum absolute atomic E-state index is 0.292. The van der Waals surface area contributed by atoms with Crippen molar-refractivity contribution < 1.29 is 0 Å². The van der Waals surface area contributed by atoms with Crippen LogP contribution in [0, 0.1) is 29.2 Å². The third-order valence-electron chi connectivity index (χ3n) is 9.64. The molecule has 8 aromatic rings. The van der Waals surface area contributed by atoms with E-state index >= 15 is 0 Å². The highest BCUT2D eigenvalue weighted by molar-refractivity contribution is 7.20. The van der Waals surface area contributed by atoms with Crippen molar-refractivity contribution in [3.63, 3.8) is 0 Å². The van der Waals surface area contributed by atoms with E-state index in [1.807, 2.05) is 42.5 Å². The van der Waals surface area contributed by atoms with Gasteiger partial charge in [-0.1, -0.05) is 133 Å². The fraction of sp³-hybridized carbons (Fsp3) is 0. The predicted octanol–water partition coefficient (Wildman–Crippen LogP) is 8.12. The minimum Gasteiger partial charge on any atom is -0.310 e. The molecule has 1 heterocycles. The molecule has 232 valence electrons. The first-order valence-corrected chi connectivity index (χ1v) is 18.3. The van der Waals surface area contributed by atoms with Crippen LogP contribution in [0.4, 0.5) is 5.69 Å². The van der Waals surface area contributed by atoms with Crippen molar-refractivity contribution >= 4 is 56.3 Å². The molecule has 5 heteroatoms. The molecule has 8 rings (SSSR count). The molecule has 0 saturated heterocycles. The third kappa shape index (κ3) is 4.72. The van der Waals surface area contributed by atoms with Crippen molar-refractivity contribution in [3.8, 4) is 29.0 Å². The largest absolute Gasteiger partial charge is 0.310 e. The number of para-hydroxylation sites is 1. The molecule has 0 N–H and O–H groups in total. The Balaban J connectivity index is 1.50. The Kier molecular flexibility index (Phi) is 7.63. The van der Waals surface area contributed by atoms with E-state index in [1.54, 1.807) is 0 Å². The highest BCUT2D eigenvalue weighted by Gasteiger charge is 2.43. The summed E-state index contributed by atoms with van der Waals surface area (Å²) >= 11 is 0. The lowest BCUT2D eigenvalue weighted by Crippen LogP contribution is -2.75. The van der Waals surface area contributed by atoms with Gasteiger partial charge in [0.1, 0.15) is 0 Å². The van der Waals surface area contributed by atoms with Crippen molar-refractivity contribution in [1.29, 1.82) is 10.5 Å². The van der Waals surface area contributed by atoms with Gasteiger partial charge in [0.25, 0.3) is 0 Å². The van der Waals surface area contributed by atoms with Crippen LogP contribution < -0.4 is 20.7 Å². The monoisotopic (exact) mass is 652 g/mol. The highest BCUT2D eigenvalue weighted by Crippen LogP contribution is 2.38. The number of nitriles is 2. The van der Waals surface area contributed by atoms with Crippen LogP contribution in [0.15, 0.2) is 170 Å². The molecule has 50 heavy (non-hydrogen) atoms. The summed E-state index contributed by atoms with van der Waals surface area (Å²) < 4.78 is 2.14. The van der Waals surface area contributed by atoms with Crippen LogP contribution in [-0.4, -0.2) is 12.6 Å². The van der Waals surface area contributed by atoms with Crippen molar-refractivity contribution in [1.82, 2.24) is 4.57 Å². The van der Waals surface area contributed by atoms with Gasteiger partial charge >= 0.3 is 0 Å². The van der Waals surface area contributed by atoms with Crippen molar-refractivity contribution in [2.24, 2.45) is 0 Å². The van der Waals surface area contributed by atoms with Crippen LogP contribution in [0.25, 0.3) is 43.5 Å². The van der Waals surface area contributed by atoms with Gasteiger partial charge in [-0.05, 0) is 68.3 Å². The van der Waals surface area contributed by atoms with Crippen LogP contribution in [0.3, 0.4) is 0 Å². The van der Waals surface area contributed by atoms with Gasteiger partial charge in [0, 0.05) is 16.5 Å². The van der Waals surface area contributed by atoms with E-state index in [0.29, 0.717) is 22.4 Å². The molecule has 0 bridgehead atoms. The first kappa shape index (κ1) is 30.4. The van der Waals surface area contributed by atoms with Gasteiger partial charge in [-0.25, -0.2) is 4.85 Å². The standard InChI is InChI=1S/C45H28N4Si/c1-48-42-29-33(49-43-23-13-11-21-37(43)40-27-32(30-46)25-26-44(40)49)28-39(41(42)31-47)38-22-12-14-24-45(38)50(34-15-5-2-6-16-34,35-17-7-3-8-18-35)36-19-9-4-10-20-36/h2-29H. The van der Waals surface area contributed by atoms with E-state index < -0.39 is 8.07 Å². The smallest absolute Gasteiger partial charge is 0.207 e. The Morgan fingerprint density at radius 1 is 0.520 bits per heavy atom. The number of fused-ring (bicyclic) bond motifs is 3. The zero-order valence-corrected chi connectivity index (χ0v) is 28.0. The zero-order chi connectivity index (χ0) is 34.1. The molecular weight excluding hydrogens is 625 g/mol. The lowest BCUT2D eigenvalue weighted by atomic mass is 9.97. The van der Waals surface area contributed by atoms with Gasteiger partial charge in [0.2, 0.25) is 5.69 Å². The summed E-state index contributed by atoms with van der Waals surface area (Å²) in [5, 5.41) is 27.2. The number of nitrogens with zero attached hydrogens (tertiary/aromatic N) is 4. The first-order valence-electron chi connectivity index (χ1n) is 16.3. The maximum Gasteiger partial charge on any atom is 0.207 e. The Morgan fingerprint density at radius 3 is 1.68 bits per heavy atom. The fourth-order valence-electron chi connectivity index (χ4n) is 7.56. The van der Waals surface area contributed by atoms with Crippen LogP contribution >= 0.6 is 0 Å². The molecular formula is C45H28N4Si. The van der Waals surface area contributed by atoms with E-state index in [4.69, 9.17) is 6.57 Å². The fourth-order valence-corrected chi connectivity index (χ4v) is 12.5. The van der Waals surface area contributed by atoms with Gasteiger partial charge in [0.15, 0.2) is 8.07 Å². The Hall–Kier alpha value is -6.97. The summed E-state index contributed by atoms with van der Waals surface area (Å²) in [6.07, 6.45) is 0. The van der Waals surface area contributed by atoms with E-state index in [9.17, 15) is 10.5 Å². The molecule has 4 nitrogen and oxygen atoms in total. The van der Waals surface area contributed by atoms with Crippen molar-refractivity contribution in [3.05, 3.63) is 192 Å². The predicted molar refractivity (Wildman–Crippen MR) is 206 cm³/mol. The summed E-state index contributed by atoms with van der Waals surface area (Å²) in [5.41, 5.74) is 5.52. The quantitative estimate of drug-likeness (QED) is 0.104. The van der Waals surface area contributed by atoms with E-state index in [2.05, 4.69) is 149 Å².